The molecule has 156 valence electrons. The fourth-order valence-corrected chi connectivity index (χ4v) is 4.11. The van der Waals surface area contributed by atoms with E-state index < -0.39 is 21.8 Å². The summed E-state index contributed by atoms with van der Waals surface area (Å²) in [6.45, 7) is 0. The minimum Gasteiger partial charge on any atom is -0.449 e. The average Bonchev–Trinajstić information content (AvgIpc) is 3.13. The maximum Gasteiger partial charge on any atom is 0.286 e. The van der Waals surface area contributed by atoms with Crippen molar-refractivity contribution in [1.82, 2.24) is 0 Å². The lowest BCUT2D eigenvalue weighted by Crippen LogP contribution is -2.17. The fraction of sp³-hybridized carbons (Fsp3) is 0. The van der Waals surface area contributed by atoms with E-state index in [0.717, 1.165) is 0 Å². The number of carbonyl (C=O) groups excluding carboxylic acids is 2. The van der Waals surface area contributed by atoms with Crippen LogP contribution < -0.4 is 15.8 Å². The number of nitrogens with one attached hydrogen (secondary N) is 2. The van der Waals surface area contributed by atoms with E-state index in [0.29, 0.717) is 16.7 Å². The van der Waals surface area contributed by atoms with Gasteiger partial charge in [-0.15, -0.1) is 0 Å². The number of furan rings is 1. The van der Waals surface area contributed by atoms with Crippen molar-refractivity contribution in [1.29, 1.82) is 0 Å². The van der Waals surface area contributed by atoms with Crippen LogP contribution in [0.1, 0.15) is 20.9 Å². The Hall–Kier alpha value is -4.11. The Kier molecular flexibility index (Phi) is 5.18. The van der Waals surface area contributed by atoms with Gasteiger partial charge in [-0.2, -0.15) is 0 Å². The number of carbonyl (C=O) groups is 2. The molecule has 0 aliphatic rings. The van der Waals surface area contributed by atoms with Gasteiger partial charge in [-0.3, -0.25) is 14.3 Å². The predicted molar refractivity (Wildman–Crippen MR) is 116 cm³/mol. The summed E-state index contributed by atoms with van der Waals surface area (Å²) in [5, 5.41) is 3.19. The molecule has 0 radical (unpaired) electrons. The van der Waals surface area contributed by atoms with E-state index in [-0.39, 0.29) is 21.9 Å². The molecule has 1 aromatic heterocycles. The van der Waals surface area contributed by atoms with Crippen LogP contribution in [0.5, 0.6) is 0 Å². The zero-order chi connectivity index (χ0) is 22.0. The largest absolute Gasteiger partial charge is 0.449 e. The van der Waals surface area contributed by atoms with E-state index in [9.17, 15) is 18.0 Å². The van der Waals surface area contributed by atoms with Gasteiger partial charge in [0.2, 0.25) is 5.76 Å². The molecule has 0 saturated heterocycles. The van der Waals surface area contributed by atoms with Crippen LogP contribution in [0.15, 0.2) is 88.2 Å². The van der Waals surface area contributed by atoms with Crippen molar-refractivity contribution in [2.45, 2.75) is 4.90 Å². The molecule has 2 amide bonds. The number of rotatable bonds is 6. The molecule has 0 saturated carbocycles. The van der Waals surface area contributed by atoms with Gasteiger partial charge in [0.25, 0.3) is 21.8 Å². The van der Waals surface area contributed by atoms with Crippen molar-refractivity contribution < 1.29 is 22.4 Å². The number of fused-ring (bicyclic) bond motifs is 1. The van der Waals surface area contributed by atoms with Crippen molar-refractivity contribution in [3.8, 4) is 0 Å². The summed E-state index contributed by atoms with van der Waals surface area (Å²) in [6, 6.07) is 20.6. The highest BCUT2D eigenvalue weighted by Gasteiger charge is 2.21. The molecule has 1 heterocycles. The molecule has 0 bridgehead atoms. The molecule has 4 rings (SSSR count). The first-order chi connectivity index (χ1) is 14.8. The fourth-order valence-electron chi connectivity index (χ4n) is 3.03. The van der Waals surface area contributed by atoms with Crippen LogP contribution in [0.4, 0.5) is 11.4 Å². The Morgan fingerprint density at radius 3 is 2.16 bits per heavy atom. The SMILES string of the molecule is NC(=O)c1oc2ccccc2c1NC(=O)c1ccc(NS(=O)(=O)c2ccccc2)cc1. The predicted octanol–water partition coefficient (Wildman–Crippen LogP) is 3.58. The van der Waals surface area contributed by atoms with Gasteiger partial charge in [-0.25, -0.2) is 8.42 Å². The van der Waals surface area contributed by atoms with Crippen LogP contribution in [-0.4, -0.2) is 20.2 Å². The third kappa shape index (κ3) is 4.12. The molecular weight excluding hydrogens is 418 g/mol. The molecule has 3 aromatic carbocycles. The summed E-state index contributed by atoms with van der Waals surface area (Å²) in [7, 11) is -3.74. The molecular formula is C22H17N3O5S. The first kappa shape index (κ1) is 20.2. The van der Waals surface area contributed by atoms with Crippen molar-refractivity contribution in [3.63, 3.8) is 0 Å². The summed E-state index contributed by atoms with van der Waals surface area (Å²) in [6.07, 6.45) is 0. The zero-order valence-electron chi connectivity index (χ0n) is 16.0. The Morgan fingerprint density at radius 1 is 0.839 bits per heavy atom. The van der Waals surface area contributed by atoms with Gasteiger partial charge in [0.15, 0.2) is 0 Å². The lowest BCUT2D eigenvalue weighted by atomic mass is 10.1. The van der Waals surface area contributed by atoms with Gasteiger partial charge in [0, 0.05) is 16.6 Å². The van der Waals surface area contributed by atoms with Gasteiger partial charge in [-0.1, -0.05) is 30.3 Å². The van der Waals surface area contributed by atoms with E-state index in [1.165, 1.54) is 36.4 Å². The third-order valence-electron chi connectivity index (χ3n) is 4.51. The topological polar surface area (TPSA) is 132 Å². The average molecular weight is 435 g/mol. The number of benzene rings is 3. The van der Waals surface area contributed by atoms with E-state index >= 15 is 0 Å². The van der Waals surface area contributed by atoms with E-state index in [4.69, 9.17) is 10.2 Å². The summed E-state index contributed by atoms with van der Waals surface area (Å²) in [5.41, 5.74) is 6.52. The first-order valence-electron chi connectivity index (χ1n) is 9.16. The quantitative estimate of drug-likeness (QED) is 0.426. The van der Waals surface area contributed by atoms with Gasteiger partial charge in [0.05, 0.1) is 4.90 Å². The number of amides is 2. The summed E-state index contributed by atoms with van der Waals surface area (Å²) < 4.78 is 32.7. The smallest absolute Gasteiger partial charge is 0.286 e. The molecule has 0 aliphatic carbocycles. The normalized spacial score (nSPS) is 11.2. The second-order valence-electron chi connectivity index (χ2n) is 6.62. The third-order valence-corrected chi connectivity index (χ3v) is 5.91. The number of sulfonamides is 1. The molecule has 0 atom stereocenters. The molecule has 0 unspecified atom stereocenters. The maximum atomic E-state index is 12.7. The van der Waals surface area contributed by atoms with E-state index in [1.807, 2.05) is 0 Å². The second kappa shape index (κ2) is 7.96. The van der Waals surface area contributed by atoms with Gasteiger partial charge in [-0.05, 0) is 48.5 Å². The van der Waals surface area contributed by atoms with Gasteiger partial charge < -0.3 is 15.5 Å². The van der Waals surface area contributed by atoms with E-state index in [1.54, 1.807) is 42.5 Å². The van der Waals surface area contributed by atoms with Crippen LogP contribution in [-0.2, 0) is 10.0 Å². The number of hydrogen-bond acceptors (Lipinski definition) is 5. The number of para-hydroxylation sites is 1. The van der Waals surface area contributed by atoms with Crippen molar-refractivity contribution in [2.75, 3.05) is 10.0 Å². The number of anilines is 2. The summed E-state index contributed by atoms with van der Waals surface area (Å²) in [4.78, 5) is 24.5. The number of hydrogen-bond donors (Lipinski definition) is 3. The van der Waals surface area contributed by atoms with Crippen LogP contribution in [0, 0.1) is 0 Å². The van der Waals surface area contributed by atoms with E-state index in [2.05, 4.69) is 10.0 Å². The lowest BCUT2D eigenvalue weighted by molar-refractivity contribution is 0.0977. The highest BCUT2D eigenvalue weighted by molar-refractivity contribution is 7.92. The molecule has 31 heavy (non-hydrogen) atoms. The monoisotopic (exact) mass is 435 g/mol. The first-order valence-corrected chi connectivity index (χ1v) is 10.6. The van der Waals surface area contributed by atoms with Crippen molar-refractivity contribution >= 4 is 44.2 Å². The molecule has 4 N–H and O–H groups in total. The van der Waals surface area contributed by atoms with Crippen LogP contribution >= 0.6 is 0 Å². The Balaban J connectivity index is 1.55. The highest BCUT2D eigenvalue weighted by atomic mass is 32.2. The van der Waals surface area contributed by atoms with Crippen LogP contribution in [0.2, 0.25) is 0 Å². The molecule has 9 heteroatoms. The highest BCUT2D eigenvalue weighted by Crippen LogP contribution is 2.31. The molecule has 0 spiro atoms. The van der Waals surface area contributed by atoms with Gasteiger partial charge in [0.1, 0.15) is 11.3 Å². The van der Waals surface area contributed by atoms with Gasteiger partial charge >= 0.3 is 0 Å². The van der Waals surface area contributed by atoms with Crippen molar-refractivity contribution in [3.05, 3.63) is 90.2 Å². The van der Waals surface area contributed by atoms with Crippen LogP contribution in [0.25, 0.3) is 11.0 Å². The number of primary amides is 1. The maximum absolute atomic E-state index is 12.7. The molecule has 8 nitrogen and oxygen atoms in total. The Morgan fingerprint density at radius 2 is 1.48 bits per heavy atom. The minimum absolute atomic E-state index is 0.127. The second-order valence-corrected chi connectivity index (χ2v) is 8.30. The molecule has 0 aliphatic heterocycles. The minimum atomic E-state index is -3.74. The van der Waals surface area contributed by atoms with Crippen molar-refractivity contribution in [2.24, 2.45) is 5.73 Å². The van der Waals surface area contributed by atoms with Crippen LogP contribution in [0.3, 0.4) is 0 Å². The molecule has 0 fully saturated rings. The Bertz CT molecular complexity index is 1380. The lowest BCUT2D eigenvalue weighted by Gasteiger charge is -2.09. The number of nitrogens with two attached hydrogens (primary N) is 1. The Labute approximate surface area is 177 Å². The molecule has 4 aromatic rings. The summed E-state index contributed by atoms with van der Waals surface area (Å²) >= 11 is 0. The zero-order valence-corrected chi connectivity index (χ0v) is 16.8. The standard InChI is InChI=1S/C22H17N3O5S/c23-21(26)20-19(17-8-4-5-9-18(17)30-20)24-22(27)14-10-12-15(13-11-14)25-31(28,29)16-6-2-1-3-7-16/h1-13,25H,(H2,23,26)(H,24,27). The summed E-state index contributed by atoms with van der Waals surface area (Å²) in [5.74, 6) is -1.47.